The third-order valence-corrected chi connectivity index (χ3v) is 5.76. The normalized spacial score (nSPS) is 10.8. The number of thiazole rings is 1. The van der Waals surface area contributed by atoms with Crippen LogP contribution in [-0.2, 0) is 17.9 Å². The second kappa shape index (κ2) is 11.6. The van der Waals surface area contributed by atoms with Crippen LogP contribution in [-0.4, -0.2) is 43.2 Å². The number of aromatic nitrogens is 1. The third kappa shape index (κ3) is 6.80. The fourth-order valence-corrected chi connectivity index (χ4v) is 4.13. The van der Waals surface area contributed by atoms with E-state index in [1.807, 2.05) is 29.6 Å². The van der Waals surface area contributed by atoms with Crippen molar-refractivity contribution < 1.29 is 19.0 Å². The van der Waals surface area contributed by atoms with Crippen LogP contribution in [0.15, 0.2) is 47.8 Å². The van der Waals surface area contributed by atoms with Gasteiger partial charge in [0.2, 0.25) is 0 Å². The van der Waals surface area contributed by atoms with Crippen LogP contribution in [0.1, 0.15) is 38.6 Å². The highest BCUT2D eigenvalue weighted by atomic mass is 32.1. The molecule has 1 amide bonds. The number of carbonyl (C=O) groups excluding carboxylic acids is 1. The van der Waals surface area contributed by atoms with Gasteiger partial charge >= 0.3 is 0 Å². The lowest BCUT2D eigenvalue weighted by Crippen LogP contribution is -2.32. The average molecular weight is 455 g/mol. The molecule has 0 aliphatic heterocycles. The van der Waals surface area contributed by atoms with E-state index in [0.717, 1.165) is 22.9 Å². The molecule has 0 saturated heterocycles. The Labute approximate surface area is 193 Å². The van der Waals surface area contributed by atoms with Gasteiger partial charge < -0.3 is 19.1 Å². The monoisotopic (exact) mass is 454 g/mol. The quantitative estimate of drug-likeness (QED) is 0.381. The van der Waals surface area contributed by atoms with E-state index < -0.39 is 0 Å². The zero-order chi connectivity index (χ0) is 22.9. The van der Waals surface area contributed by atoms with E-state index in [0.29, 0.717) is 37.6 Å². The molecule has 6 nitrogen and oxygen atoms in total. The van der Waals surface area contributed by atoms with Crippen LogP contribution < -0.4 is 9.47 Å². The molecule has 32 heavy (non-hydrogen) atoms. The van der Waals surface area contributed by atoms with Crippen molar-refractivity contribution in [2.45, 2.75) is 33.4 Å². The number of rotatable bonds is 11. The van der Waals surface area contributed by atoms with Gasteiger partial charge in [-0.1, -0.05) is 12.1 Å². The number of amides is 1. The van der Waals surface area contributed by atoms with Crippen LogP contribution in [0.4, 0.5) is 0 Å². The van der Waals surface area contributed by atoms with E-state index in [2.05, 4.69) is 19.9 Å². The van der Waals surface area contributed by atoms with E-state index in [9.17, 15) is 4.79 Å². The Morgan fingerprint density at radius 3 is 2.56 bits per heavy atom. The molecule has 1 heterocycles. The van der Waals surface area contributed by atoms with Gasteiger partial charge in [0.25, 0.3) is 5.91 Å². The largest absolute Gasteiger partial charge is 0.497 e. The molecule has 0 spiro atoms. The summed E-state index contributed by atoms with van der Waals surface area (Å²) in [4.78, 5) is 19.7. The molecule has 170 valence electrons. The first kappa shape index (κ1) is 23.8. The summed E-state index contributed by atoms with van der Waals surface area (Å²) in [5.74, 6) is 1.45. The van der Waals surface area contributed by atoms with Crippen molar-refractivity contribution in [1.82, 2.24) is 9.88 Å². The molecule has 0 aliphatic carbocycles. The summed E-state index contributed by atoms with van der Waals surface area (Å²) in [6.07, 6.45) is 0.749. The summed E-state index contributed by atoms with van der Waals surface area (Å²) in [6, 6.07) is 13.4. The van der Waals surface area contributed by atoms with Crippen LogP contribution in [0.25, 0.3) is 0 Å². The van der Waals surface area contributed by atoms with Crippen molar-refractivity contribution in [2.24, 2.45) is 0 Å². The Balaban J connectivity index is 1.67. The van der Waals surface area contributed by atoms with Gasteiger partial charge in [0.05, 0.1) is 19.3 Å². The number of nitrogens with zero attached hydrogens (tertiary/aromatic N) is 2. The summed E-state index contributed by atoms with van der Waals surface area (Å²) >= 11 is 1.54. The molecule has 2 aromatic carbocycles. The molecule has 0 fully saturated rings. The lowest BCUT2D eigenvalue weighted by molar-refractivity contribution is 0.0721. The topological polar surface area (TPSA) is 60.9 Å². The number of hydrogen-bond acceptors (Lipinski definition) is 6. The van der Waals surface area contributed by atoms with Crippen molar-refractivity contribution in [3.8, 4) is 11.5 Å². The van der Waals surface area contributed by atoms with E-state index in [1.165, 1.54) is 11.1 Å². The van der Waals surface area contributed by atoms with Crippen LogP contribution in [0.3, 0.4) is 0 Å². The number of aryl methyl sites for hydroxylation is 2. The summed E-state index contributed by atoms with van der Waals surface area (Å²) in [7, 11) is 3.26. The third-order valence-electron chi connectivity index (χ3n) is 4.89. The van der Waals surface area contributed by atoms with E-state index >= 15 is 0 Å². The Kier molecular flexibility index (Phi) is 8.64. The highest BCUT2D eigenvalue weighted by Crippen LogP contribution is 2.20. The molecule has 0 bridgehead atoms. The maximum absolute atomic E-state index is 13.2. The van der Waals surface area contributed by atoms with Crippen molar-refractivity contribution in [3.63, 3.8) is 0 Å². The summed E-state index contributed by atoms with van der Waals surface area (Å²) in [5.41, 5.74) is 3.78. The molecule has 0 unspecified atom stereocenters. The summed E-state index contributed by atoms with van der Waals surface area (Å²) in [5, 5.41) is 2.87. The van der Waals surface area contributed by atoms with Crippen molar-refractivity contribution in [1.29, 1.82) is 0 Å². The van der Waals surface area contributed by atoms with E-state index in [-0.39, 0.29) is 5.91 Å². The zero-order valence-corrected chi connectivity index (χ0v) is 19.9. The van der Waals surface area contributed by atoms with Gasteiger partial charge in [-0.25, -0.2) is 4.98 Å². The molecule has 0 aliphatic rings. The first-order valence-electron chi connectivity index (χ1n) is 10.5. The first-order chi connectivity index (χ1) is 15.5. The van der Waals surface area contributed by atoms with Gasteiger partial charge in [-0.3, -0.25) is 4.79 Å². The second-order valence-corrected chi connectivity index (χ2v) is 8.59. The molecule has 3 aromatic rings. The molecule has 7 heteroatoms. The lowest BCUT2D eigenvalue weighted by Gasteiger charge is -2.22. The second-order valence-electron chi connectivity index (χ2n) is 7.65. The van der Waals surface area contributed by atoms with Crippen LogP contribution in [0.5, 0.6) is 11.5 Å². The molecular formula is C25H30N2O4S. The number of benzene rings is 2. The standard InChI is InChI=1S/C25H30N2O4S/c1-18-11-19(2)13-23(12-18)31-16-24-26-21(17-32-24)15-27(9-6-10-29-3)25(28)20-7-5-8-22(14-20)30-4/h5,7-8,11-14,17H,6,9-10,15-16H2,1-4H3. The maximum Gasteiger partial charge on any atom is 0.254 e. The highest BCUT2D eigenvalue weighted by molar-refractivity contribution is 7.09. The molecule has 0 N–H and O–H groups in total. The maximum atomic E-state index is 13.2. The van der Waals surface area contributed by atoms with Crippen LogP contribution in [0, 0.1) is 13.8 Å². The Morgan fingerprint density at radius 2 is 1.84 bits per heavy atom. The minimum Gasteiger partial charge on any atom is -0.497 e. The molecule has 0 radical (unpaired) electrons. The molecular weight excluding hydrogens is 424 g/mol. The molecule has 0 atom stereocenters. The van der Waals surface area contributed by atoms with Crippen molar-refractivity contribution in [3.05, 3.63) is 75.2 Å². The minimum absolute atomic E-state index is 0.0546. The minimum atomic E-state index is -0.0546. The first-order valence-corrected chi connectivity index (χ1v) is 11.4. The smallest absolute Gasteiger partial charge is 0.254 e. The number of ether oxygens (including phenoxy) is 3. The fourth-order valence-electron chi connectivity index (χ4n) is 3.44. The van der Waals surface area contributed by atoms with E-state index in [1.54, 1.807) is 42.6 Å². The fraction of sp³-hybridized carbons (Fsp3) is 0.360. The van der Waals surface area contributed by atoms with Crippen molar-refractivity contribution in [2.75, 3.05) is 27.4 Å². The Bertz CT molecular complexity index is 1010. The SMILES string of the molecule is COCCCN(Cc1csc(COc2cc(C)cc(C)c2)n1)C(=O)c1cccc(OC)c1. The predicted octanol–water partition coefficient (Wildman–Crippen LogP) is 5.03. The van der Waals surface area contributed by atoms with Gasteiger partial charge in [0.1, 0.15) is 23.1 Å². The highest BCUT2D eigenvalue weighted by Gasteiger charge is 2.18. The van der Waals surface area contributed by atoms with Crippen LogP contribution in [0.2, 0.25) is 0 Å². The number of hydrogen-bond donors (Lipinski definition) is 0. The number of methoxy groups -OCH3 is 2. The molecule has 1 aromatic heterocycles. The molecule has 0 saturated carbocycles. The van der Waals surface area contributed by atoms with Gasteiger partial charge in [0.15, 0.2) is 0 Å². The lowest BCUT2D eigenvalue weighted by atomic mass is 10.1. The summed E-state index contributed by atoms with van der Waals surface area (Å²) in [6.45, 7) is 6.11. The van der Waals surface area contributed by atoms with Crippen LogP contribution >= 0.6 is 11.3 Å². The Morgan fingerprint density at radius 1 is 1.06 bits per heavy atom. The number of carbonyl (C=O) groups is 1. The van der Waals surface area contributed by atoms with E-state index in [4.69, 9.17) is 19.2 Å². The van der Waals surface area contributed by atoms with Gasteiger partial charge in [-0.2, -0.15) is 0 Å². The van der Waals surface area contributed by atoms with Gasteiger partial charge in [-0.15, -0.1) is 11.3 Å². The Hall–Kier alpha value is -2.90. The average Bonchev–Trinajstić information content (AvgIpc) is 3.23. The summed E-state index contributed by atoms with van der Waals surface area (Å²) < 4.78 is 16.4. The van der Waals surface area contributed by atoms with Gasteiger partial charge in [0, 0.05) is 31.2 Å². The van der Waals surface area contributed by atoms with Gasteiger partial charge in [-0.05, 0) is 61.7 Å². The predicted molar refractivity (Wildman–Crippen MR) is 127 cm³/mol. The van der Waals surface area contributed by atoms with Crippen molar-refractivity contribution >= 4 is 17.2 Å². The zero-order valence-electron chi connectivity index (χ0n) is 19.1. The molecule has 3 rings (SSSR count).